The Labute approximate surface area is 78.1 Å². The molecule has 0 aromatic rings. The second-order valence-corrected chi connectivity index (χ2v) is 3.93. The maximum Gasteiger partial charge on any atom is 0.407 e. The van der Waals surface area contributed by atoms with Gasteiger partial charge in [0.2, 0.25) is 0 Å². The van der Waals surface area contributed by atoms with Crippen molar-refractivity contribution in [2.75, 3.05) is 26.2 Å². The Morgan fingerprint density at radius 2 is 2.00 bits per heavy atom. The van der Waals surface area contributed by atoms with Gasteiger partial charge in [-0.1, -0.05) is 0 Å². The van der Waals surface area contributed by atoms with E-state index >= 15 is 0 Å². The number of likely N-dealkylation sites (tertiary alicyclic amines) is 2. The van der Waals surface area contributed by atoms with E-state index < -0.39 is 6.09 Å². The van der Waals surface area contributed by atoms with Crippen LogP contribution in [0, 0.1) is 0 Å². The topological polar surface area (TPSA) is 43.8 Å². The van der Waals surface area contributed by atoms with Crippen LogP contribution in [0.2, 0.25) is 0 Å². The van der Waals surface area contributed by atoms with Crippen molar-refractivity contribution in [1.82, 2.24) is 9.80 Å². The molecule has 0 saturated carbocycles. The number of rotatable bonds is 2. The monoisotopic (exact) mass is 184 g/mol. The molecule has 4 heteroatoms. The zero-order valence-corrected chi connectivity index (χ0v) is 7.78. The summed E-state index contributed by atoms with van der Waals surface area (Å²) in [6.45, 7) is 3.99. The molecule has 1 atom stereocenters. The first-order chi connectivity index (χ1) is 6.27. The van der Waals surface area contributed by atoms with Crippen LogP contribution in [0.5, 0.6) is 0 Å². The van der Waals surface area contributed by atoms with E-state index in [2.05, 4.69) is 4.90 Å². The maximum absolute atomic E-state index is 10.7. The lowest BCUT2D eigenvalue weighted by Crippen LogP contribution is -2.55. The molecule has 0 aromatic carbocycles. The van der Waals surface area contributed by atoms with Gasteiger partial charge < -0.3 is 14.9 Å². The van der Waals surface area contributed by atoms with Crippen LogP contribution < -0.4 is 0 Å². The van der Waals surface area contributed by atoms with Crippen molar-refractivity contribution < 1.29 is 9.90 Å². The molecule has 0 spiro atoms. The van der Waals surface area contributed by atoms with Gasteiger partial charge in [-0.15, -0.1) is 0 Å². The lowest BCUT2D eigenvalue weighted by molar-refractivity contribution is 0.0585. The Morgan fingerprint density at radius 1 is 1.31 bits per heavy atom. The standard InChI is InChI=1S/C9H16N2O2/c12-9(13)11-6-3-8(11)7-10-4-1-2-5-10/h8H,1-7H2,(H,12,13)/t8-/m1/s1. The van der Waals surface area contributed by atoms with Gasteiger partial charge in [0, 0.05) is 19.1 Å². The van der Waals surface area contributed by atoms with E-state index in [4.69, 9.17) is 5.11 Å². The van der Waals surface area contributed by atoms with E-state index in [1.54, 1.807) is 4.90 Å². The third-order valence-corrected chi connectivity index (χ3v) is 3.06. The van der Waals surface area contributed by atoms with E-state index in [0.717, 1.165) is 32.6 Å². The summed E-state index contributed by atoms with van der Waals surface area (Å²) in [5.74, 6) is 0. The van der Waals surface area contributed by atoms with Crippen molar-refractivity contribution in [3.63, 3.8) is 0 Å². The summed E-state index contributed by atoms with van der Waals surface area (Å²) >= 11 is 0. The molecule has 13 heavy (non-hydrogen) atoms. The molecule has 0 radical (unpaired) electrons. The van der Waals surface area contributed by atoms with Crippen LogP contribution in [0.15, 0.2) is 0 Å². The van der Waals surface area contributed by atoms with Crippen LogP contribution in [0.4, 0.5) is 4.79 Å². The fraction of sp³-hybridized carbons (Fsp3) is 0.889. The predicted octanol–water partition coefficient (Wildman–Crippen LogP) is 0.835. The van der Waals surface area contributed by atoms with Gasteiger partial charge in [0.15, 0.2) is 0 Å². The van der Waals surface area contributed by atoms with Crippen molar-refractivity contribution in [2.24, 2.45) is 0 Å². The van der Waals surface area contributed by atoms with Crippen LogP contribution >= 0.6 is 0 Å². The largest absolute Gasteiger partial charge is 0.465 e. The van der Waals surface area contributed by atoms with Gasteiger partial charge in [-0.25, -0.2) is 4.79 Å². The average molecular weight is 184 g/mol. The first kappa shape index (κ1) is 8.81. The molecule has 0 aromatic heterocycles. The van der Waals surface area contributed by atoms with Gasteiger partial charge in [0.25, 0.3) is 0 Å². The second-order valence-electron chi connectivity index (χ2n) is 3.93. The molecule has 2 rings (SSSR count). The summed E-state index contributed by atoms with van der Waals surface area (Å²) in [5, 5.41) is 8.78. The lowest BCUT2D eigenvalue weighted by atomic mass is 10.0. The zero-order valence-electron chi connectivity index (χ0n) is 7.78. The van der Waals surface area contributed by atoms with E-state index in [0.29, 0.717) is 0 Å². The Balaban J connectivity index is 1.78. The van der Waals surface area contributed by atoms with E-state index in [1.807, 2.05) is 0 Å². The van der Waals surface area contributed by atoms with Crippen LogP contribution in [0.25, 0.3) is 0 Å². The first-order valence-corrected chi connectivity index (χ1v) is 4.99. The van der Waals surface area contributed by atoms with Gasteiger partial charge in [-0.2, -0.15) is 0 Å². The molecule has 2 aliphatic rings. The van der Waals surface area contributed by atoms with Crippen LogP contribution in [-0.4, -0.2) is 53.2 Å². The SMILES string of the molecule is O=C(O)N1CC[C@@H]1CN1CCCC1. The summed E-state index contributed by atoms with van der Waals surface area (Å²) < 4.78 is 0. The van der Waals surface area contributed by atoms with Gasteiger partial charge in [0.1, 0.15) is 0 Å². The Morgan fingerprint density at radius 3 is 2.46 bits per heavy atom. The highest BCUT2D eigenvalue weighted by molar-refractivity contribution is 5.66. The number of amides is 1. The minimum Gasteiger partial charge on any atom is -0.465 e. The smallest absolute Gasteiger partial charge is 0.407 e. The van der Waals surface area contributed by atoms with E-state index in [1.165, 1.54) is 12.8 Å². The minimum absolute atomic E-state index is 0.274. The third kappa shape index (κ3) is 1.77. The molecule has 0 aliphatic carbocycles. The molecule has 2 fully saturated rings. The fourth-order valence-corrected chi connectivity index (χ4v) is 2.15. The Hall–Kier alpha value is -0.770. The van der Waals surface area contributed by atoms with Crippen LogP contribution in [0.3, 0.4) is 0 Å². The molecule has 2 saturated heterocycles. The number of hydrogen-bond donors (Lipinski definition) is 1. The summed E-state index contributed by atoms with van der Waals surface area (Å²) in [7, 11) is 0. The number of hydrogen-bond acceptors (Lipinski definition) is 2. The van der Waals surface area contributed by atoms with Crippen molar-refractivity contribution in [3.8, 4) is 0 Å². The van der Waals surface area contributed by atoms with E-state index in [-0.39, 0.29) is 6.04 Å². The summed E-state index contributed by atoms with van der Waals surface area (Å²) in [6.07, 6.45) is 2.85. The molecular weight excluding hydrogens is 168 g/mol. The summed E-state index contributed by atoms with van der Waals surface area (Å²) in [4.78, 5) is 14.6. The molecule has 2 aliphatic heterocycles. The third-order valence-electron chi connectivity index (χ3n) is 3.06. The molecule has 4 nitrogen and oxygen atoms in total. The highest BCUT2D eigenvalue weighted by Gasteiger charge is 2.33. The second kappa shape index (κ2) is 3.54. The Bertz CT molecular complexity index is 202. The Kier molecular flexibility index (Phi) is 2.40. The molecule has 1 N–H and O–H groups in total. The highest BCUT2D eigenvalue weighted by Crippen LogP contribution is 2.20. The quantitative estimate of drug-likeness (QED) is 0.691. The van der Waals surface area contributed by atoms with Gasteiger partial charge >= 0.3 is 6.09 Å². The molecule has 0 unspecified atom stereocenters. The normalized spacial score (nSPS) is 28.9. The molecule has 2 heterocycles. The summed E-state index contributed by atoms with van der Waals surface area (Å²) in [5.41, 5.74) is 0. The lowest BCUT2D eigenvalue weighted by Gasteiger charge is -2.40. The predicted molar refractivity (Wildman–Crippen MR) is 48.8 cm³/mol. The molecular formula is C9H16N2O2. The fourth-order valence-electron chi connectivity index (χ4n) is 2.15. The van der Waals surface area contributed by atoms with E-state index in [9.17, 15) is 4.79 Å². The number of carboxylic acid groups (broad SMARTS) is 1. The van der Waals surface area contributed by atoms with Crippen molar-refractivity contribution >= 4 is 6.09 Å². The summed E-state index contributed by atoms with van der Waals surface area (Å²) in [6, 6.07) is 0.274. The number of carbonyl (C=O) groups is 1. The van der Waals surface area contributed by atoms with Gasteiger partial charge in [-0.3, -0.25) is 0 Å². The highest BCUT2D eigenvalue weighted by atomic mass is 16.4. The molecule has 0 bridgehead atoms. The number of nitrogens with zero attached hydrogens (tertiary/aromatic N) is 2. The minimum atomic E-state index is -0.754. The van der Waals surface area contributed by atoms with Crippen LogP contribution in [0.1, 0.15) is 19.3 Å². The van der Waals surface area contributed by atoms with Crippen molar-refractivity contribution in [3.05, 3.63) is 0 Å². The van der Waals surface area contributed by atoms with Crippen molar-refractivity contribution in [2.45, 2.75) is 25.3 Å². The molecule has 74 valence electrons. The first-order valence-electron chi connectivity index (χ1n) is 4.99. The molecule has 1 amide bonds. The van der Waals surface area contributed by atoms with Gasteiger partial charge in [0.05, 0.1) is 0 Å². The van der Waals surface area contributed by atoms with Crippen LogP contribution in [-0.2, 0) is 0 Å². The average Bonchev–Trinajstić information content (AvgIpc) is 2.48. The van der Waals surface area contributed by atoms with Crippen molar-refractivity contribution in [1.29, 1.82) is 0 Å². The zero-order chi connectivity index (χ0) is 9.26. The van der Waals surface area contributed by atoms with Gasteiger partial charge in [-0.05, 0) is 32.4 Å². The maximum atomic E-state index is 10.7.